The third-order valence-corrected chi connectivity index (χ3v) is 5.76. The fourth-order valence-electron chi connectivity index (χ4n) is 2.82. The minimum absolute atomic E-state index is 0.00593. The Morgan fingerprint density at radius 3 is 2.86 bits per heavy atom. The molecule has 1 aromatic rings. The summed E-state index contributed by atoms with van der Waals surface area (Å²) in [6, 6.07) is 2.10. The molecule has 2 fully saturated rings. The van der Waals surface area contributed by atoms with Crippen molar-refractivity contribution in [2.45, 2.75) is 32.8 Å². The second-order valence-electron chi connectivity index (χ2n) is 5.81. The van der Waals surface area contributed by atoms with Crippen LogP contribution in [-0.2, 0) is 16.6 Å². The van der Waals surface area contributed by atoms with Gasteiger partial charge in [0, 0.05) is 25.0 Å². The van der Waals surface area contributed by atoms with Crippen molar-refractivity contribution >= 4 is 40.3 Å². The maximum Gasteiger partial charge on any atom is 0.266 e. The van der Waals surface area contributed by atoms with E-state index in [4.69, 9.17) is 17.0 Å². The number of aromatic nitrogens is 1. The van der Waals surface area contributed by atoms with Crippen molar-refractivity contribution in [1.29, 1.82) is 0 Å². The summed E-state index contributed by atoms with van der Waals surface area (Å²) in [5, 5.41) is 0. The summed E-state index contributed by atoms with van der Waals surface area (Å²) in [5.41, 5.74) is 3.41. The van der Waals surface area contributed by atoms with E-state index in [1.54, 1.807) is 4.90 Å². The highest BCUT2D eigenvalue weighted by Crippen LogP contribution is 2.34. The Kier molecular flexibility index (Phi) is 4.43. The van der Waals surface area contributed by atoms with Gasteiger partial charge >= 0.3 is 0 Å². The Hall–Kier alpha value is -1.11. The summed E-state index contributed by atoms with van der Waals surface area (Å²) in [4.78, 5) is 15.0. The lowest BCUT2D eigenvalue weighted by Gasteiger charge is -2.18. The van der Waals surface area contributed by atoms with Crippen LogP contribution in [0.5, 0.6) is 0 Å². The van der Waals surface area contributed by atoms with Crippen molar-refractivity contribution < 1.29 is 9.53 Å². The van der Waals surface area contributed by atoms with Gasteiger partial charge in [0.05, 0.1) is 17.6 Å². The molecular formula is C16H20N2O2S2. The van der Waals surface area contributed by atoms with Crippen molar-refractivity contribution in [3.63, 3.8) is 0 Å². The van der Waals surface area contributed by atoms with Crippen molar-refractivity contribution in [3.8, 4) is 0 Å². The number of aryl methyl sites for hydroxylation is 1. The third kappa shape index (κ3) is 2.87. The van der Waals surface area contributed by atoms with Gasteiger partial charge in [0.25, 0.3) is 5.91 Å². The van der Waals surface area contributed by atoms with Crippen LogP contribution in [-0.4, -0.2) is 39.0 Å². The number of amides is 1. The first-order valence-corrected chi connectivity index (χ1v) is 8.69. The average molecular weight is 336 g/mol. The molecule has 4 nitrogen and oxygen atoms in total. The molecule has 0 N–H and O–H groups in total. The van der Waals surface area contributed by atoms with Gasteiger partial charge in [-0.05, 0) is 44.4 Å². The van der Waals surface area contributed by atoms with Crippen LogP contribution in [0.1, 0.15) is 29.8 Å². The molecule has 1 amide bonds. The Bertz CT molecular complexity index is 657. The number of carbonyl (C=O) groups excluding carboxylic acids is 1. The zero-order valence-electron chi connectivity index (χ0n) is 13.1. The molecule has 3 rings (SSSR count). The van der Waals surface area contributed by atoms with E-state index in [0.717, 1.165) is 30.7 Å². The second kappa shape index (κ2) is 6.18. The molecule has 2 saturated heterocycles. The van der Waals surface area contributed by atoms with E-state index in [1.165, 1.54) is 17.5 Å². The van der Waals surface area contributed by atoms with E-state index < -0.39 is 0 Å². The number of hydrogen-bond acceptors (Lipinski definition) is 4. The van der Waals surface area contributed by atoms with Crippen molar-refractivity contribution in [3.05, 3.63) is 27.9 Å². The SMILES string of the molecule is Cc1cc(C=C2SC(=S)N(CC3CCCO3)C2=O)c(C)n1C. The summed E-state index contributed by atoms with van der Waals surface area (Å²) in [7, 11) is 2.03. The topological polar surface area (TPSA) is 34.5 Å². The normalized spacial score (nSPS) is 24.0. The minimum Gasteiger partial charge on any atom is -0.376 e. The van der Waals surface area contributed by atoms with Gasteiger partial charge in [-0.1, -0.05) is 24.0 Å². The Morgan fingerprint density at radius 1 is 1.50 bits per heavy atom. The van der Waals surface area contributed by atoms with Gasteiger partial charge in [0.1, 0.15) is 4.32 Å². The molecule has 0 bridgehead atoms. The van der Waals surface area contributed by atoms with E-state index in [-0.39, 0.29) is 12.0 Å². The molecule has 1 aromatic heterocycles. The Labute approximate surface area is 140 Å². The predicted octanol–water partition coefficient (Wildman–Crippen LogP) is 3.02. The molecular weight excluding hydrogens is 316 g/mol. The first-order valence-electron chi connectivity index (χ1n) is 7.47. The van der Waals surface area contributed by atoms with Crippen LogP contribution in [0.2, 0.25) is 0 Å². The van der Waals surface area contributed by atoms with Crippen LogP contribution in [0.15, 0.2) is 11.0 Å². The Morgan fingerprint density at radius 2 is 2.27 bits per heavy atom. The molecule has 3 heterocycles. The molecule has 2 aliphatic rings. The van der Waals surface area contributed by atoms with Gasteiger partial charge in [-0.3, -0.25) is 9.69 Å². The molecule has 22 heavy (non-hydrogen) atoms. The number of rotatable bonds is 3. The summed E-state index contributed by atoms with van der Waals surface area (Å²) < 4.78 is 8.38. The van der Waals surface area contributed by atoms with Crippen LogP contribution >= 0.6 is 24.0 Å². The summed E-state index contributed by atoms with van der Waals surface area (Å²) in [6.07, 6.45) is 4.16. The molecule has 118 valence electrons. The van der Waals surface area contributed by atoms with E-state index in [0.29, 0.717) is 15.8 Å². The van der Waals surface area contributed by atoms with Gasteiger partial charge in [0.2, 0.25) is 0 Å². The maximum absolute atomic E-state index is 12.6. The summed E-state index contributed by atoms with van der Waals surface area (Å²) in [6.45, 7) is 5.49. The van der Waals surface area contributed by atoms with Crippen molar-refractivity contribution in [2.24, 2.45) is 7.05 Å². The zero-order chi connectivity index (χ0) is 15.9. The van der Waals surface area contributed by atoms with Crippen molar-refractivity contribution in [2.75, 3.05) is 13.2 Å². The first-order chi connectivity index (χ1) is 10.5. The number of carbonyl (C=O) groups is 1. The lowest BCUT2D eigenvalue weighted by Crippen LogP contribution is -2.35. The third-order valence-electron chi connectivity index (χ3n) is 4.38. The molecule has 0 saturated carbocycles. The molecule has 0 aromatic carbocycles. The van der Waals surface area contributed by atoms with Crippen LogP contribution in [0.4, 0.5) is 0 Å². The molecule has 0 aliphatic carbocycles. The van der Waals surface area contributed by atoms with Gasteiger partial charge in [-0.25, -0.2) is 0 Å². The number of ether oxygens (including phenoxy) is 1. The van der Waals surface area contributed by atoms with E-state index >= 15 is 0 Å². The lowest BCUT2D eigenvalue weighted by molar-refractivity contribution is -0.123. The molecule has 6 heteroatoms. The molecule has 0 spiro atoms. The highest BCUT2D eigenvalue weighted by molar-refractivity contribution is 8.26. The zero-order valence-corrected chi connectivity index (χ0v) is 14.7. The Balaban J connectivity index is 1.80. The number of nitrogens with zero attached hydrogens (tertiary/aromatic N) is 2. The molecule has 1 unspecified atom stereocenters. The average Bonchev–Trinajstić information content (AvgIpc) is 3.14. The van der Waals surface area contributed by atoms with E-state index in [2.05, 4.69) is 24.5 Å². The summed E-state index contributed by atoms with van der Waals surface area (Å²) in [5.74, 6) is 0.00593. The monoisotopic (exact) mass is 336 g/mol. The lowest BCUT2D eigenvalue weighted by atomic mass is 10.2. The maximum atomic E-state index is 12.6. The largest absolute Gasteiger partial charge is 0.376 e. The number of hydrogen-bond donors (Lipinski definition) is 0. The number of thiocarbonyl (C=S) groups is 1. The van der Waals surface area contributed by atoms with Gasteiger partial charge in [0.15, 0.2) is 0 Å². The van der Waals surface area contributed by atoms with Gasteiger partial charge in [-0.2, -0.15) is 0 Å². The van der Waals surface area contributed by atoms with E-state index in [1.807, 2.05) is 13.1 Å². The first kappa shape index (κ1) is 15.8. The molecule has 2 aliphatic heterocycles. The highest BCUT2D eigenvalue weighted by atomic mass is 32.2. The van der Waals surface area contributed by atoms with Gasteiger partial charge in [-0.15, -0.1) is 0 Å². The quantitative estimate of drug-likeness (QED) is 0.628. The number of thioether (sulfide) groups is 1. The van der Waals surface area contributed by atoms with Crippen molar-refractivity contribution in [1.82, 2.24) is 9.47 Å². The van der Waals surface area contributed by atoms with Crippen LogP contribution in [0.25, 0.3) is 6.08 Å². The van der Waals surface area contributed by atoms with Crippen LogP contribution in [0, 0.1) is 13.8 Å². The van der Waals surface area contributed by atoms with Crippen LogP contribution < -0.4 is 0 Å². The second-order valence-corrected chi connectivity index (χ2v) is 7.49. The van der Waals surface area contributed by atoms with E-state index in [9.17, 15) is 4.79 Å². The van der Waals surface area contributed by atoms with Crippen LogP contribution in [0.3, 0.4) is 0 Å². The smallest absolute Gasteiger partial charge is 0.266 e. The minimum atomic E-state index is 0.00593. The fourth-order valence-corrected chi connectivity index (χ4v) is 4.09. The van der Waals surface area contributed by atoms with Gasteiger partial charge < -0.3 is 9.30 Å². The standard InChI is InChI=1S/C16H20N2O2S2/c1-10-7-12(11(2)17(10)3)8-14-15(19)18(16(21)22-14)9-13-5-4-6-20-13/h7-8,13H,4-6,9H2,1-3H3. The molecule has 0 radical (unpaired) electrons. The molecule has 1 atom stereocenters. The fraction of sp³-hybridized carbons (Fsp3) is 0.500. The summed E-state index contributed by atoms with van der Waals surface area (Å²) >= 11 is 6.76. The predicted molar refractivity (Wildman–Crippen MR) is 93.7 cm³/mol. The highest BCUT2D eigenvalue weighted by Gasteiger charge is 2.34.